The summed E-state index contributed by atoms with van der Waals surface area (Å²) in [6.45, 7) is 2.10. The van der Waals surface area contributed by atoms with Crippen LogP contribution in [0, 0.1) is 5.92 Å². The van der Waals surface area contributed by atoms with Crippen molar-refractivity contribution >= 4 is 11.8 Å². The van der Waals surface area contributed by atoms with Crippen LogP contribution in [0.3, 0.4) is 0 Å². The largest absolute Gasteiger partial charge is 0.469 e. The number of hydrogen-bond donors (Lipinski definition) is 0. The molecule has 1 aliphatic carbocycles. The van der Waals surface area contributed by atoms with Gasteiger partial charge in [-0.25, -0.2) is 0 Å². The van der Waals surface area contributed by atoms with Gasteiger partial charge in [-0.2, -0.15) is 0 Å². The molecule has 0 saturated heterocycles. The van der Waals surface area contributed by atoms with Crippen molar-refractivity contribution in [2.45, 2.75) is 58.3 Å². The third-order valence-corrected chi connectivity index (χ3v) is 3.99. The van der Waals surface area contributed by atoms with E-state index >= 15 is 0 Å². The molecule has 122 valence electrons. The van der Waals surface area contributed by atoms with Gasteiger partial charge in [-0.05, 0) is 31.8 Å². The first kappa shape index (κ1) is 18.4. The molecule has 0 heterocycles. The van der Waals surface area contributed by atoms with Gasteiger partial charge in [0.25, 0.3) is 0 Å². The molecule has 0 amide bonds. The molecule has 0 spiro atoms. The van der Waals surface area contributed by atoms with E-state index < -0.39 is 0 Å². The number of allylic oxidation sites excluding steroid dienone is 6. The van der Waals surface area contributed by atoms with Gasteiger partial charge in [-0.1, -0.05) is 50.5 Å². The Kier molecular flexibility index (Phi) is 9.20. The highest BCUT2D eigenvalue weighted by atomic mass is 16.5. The number of hydrogen-bond acceptors (Lipinski definition) is 3. The minimum Gasteiger partial charge on any atom is -0.469 e. The molecule has 3 nitrogen and oxygen atoms in total. The molecule has 0 bridgehead atoms. The lowest BCUT2D eigenvalue weighted by molar-refractivity contribution is -0.140. The molecule has 22 heavy (non-hydrogen) atoms. The molecular formula is C19H28O3. The summed E-state index contributed by atoms with van der Waals surface area (Å²) in [7, 11) is 1.43. The summed E-state index contributed by atoms with van der Waals surface area (Å²) in [5.41, 5.74) is 0.918. The summed E-state index contributed by atoms with van der Waals surface area (Å²) in [4.78, 5) is 22.6. The first-order valence-corrected chi connectivity index (χ1v) is 8.35. The van der Waals surface area contributed by atoms with Crippen LogP contribution in [0.25, 0.3) is 0 Å². The summed E-state index contributed by atoms with van der Waals surface area (Å²) < 4.78 is 4.61. The molecule has 3 heteroatoms. The molecule has 0 radical (unpaired) electrons. The average Bonchev–Trinajstić information content (AvgIpc) is 2.89. The van der Waals surface area contributed by atoms with E-state index in [9.17, 15) is 9.59 Å². The van der Waals surface area contributed by atoms with Crippen molar-refractivity contribution in [2.24, 2.45) is 5.92 Å². The zero-order chi connectivity index (χ0) is 16.2. The van der Waals surface area contributed by atoms with Gasteiger partial charge in [0.2, 0.25) is 0 Å². The lowest BCUT2D eigenvalue weighted by atomic mass is 9.99. The minimum atomic E-state index is -0.114. The van der Waals surface area contributed by atoms with E-state index in [0.717, 1.165) is 44.1 Å². The Bertz CT molecular complexity index is 444. The maximum atomic E-state index is 11.7. The molecule has 0 aliphatic heterocycles. The van der Waals surface area contributed by atoms with Crippen molar-refractivity contribution in [1.82, 2.24) is 0 Å². The monoisotopic (exact) mass is 304 g/mol. The predicted octanol–water partition coefficient (Wildman–Crippen LogP) is 4.54. The number of rotatable bonds is 10. The summed E-state index contributed by atoms with van der Waals surface area (Å²) in [6.07, 6.45) is 17.8. The van der Waals surface area contributed by atoms with Gasteiger partial charge in [0.1, 0.15) is 0 Å². The van der Waals surface area contributed by atoms with Gasteiger partial charge in [0.15, 0.2) is 5.78 Å². The minimum absolute atomic E-state index is 0.114. The molecule has 0 saturated carbocycles. The number of carbonyl (C=O) groups is 2. The average molecular weight is 304 g/mol. The van der Waals surface area contributed by atoms with Gasteiger partial charge < -0.3 is 4.74 Å². The number of methoxy groups -OCH3 is 1. The zero-order valence-corrected chi connectivity index (χ0v) is 13.8. The summed E-state index contributed by atoms with van der Waals surface area (Å²) in [5.74, 6) is 0.339. The van der Waals surface area contributed by atoms with Crippen LogP contribution in [0.2, 0.25) is 0 Å². The van der Waals surface area contributed by atoms with Crippen molar-refractivity contribution in [3.05, 3.63) is 36.0 Å². The molecule has 0 fully saturated rings. The molecule has 0 N–H and O–H groups in total. The topological polar surface area (TPSA) is 43.4 Å². The molecule has 0 aromatic carbocycles. The Morgan fingerprint density at radius 1 is 1.23 bits per heavy atom. The van der Waals surface area contributed by atoms with Crippen molar-refractivity contribution < 1.29 is 14.3 Å². The fraction of sp³-hybridized carbons (Fsp3) is 0.579. The van der Waals surface area contributed by atoms with Gasteiger partial charge in [-0.15, -0.1) is 0 Å². The van der Waals surface area contributed by atoms with Gasteiger partial charge in [0.05, 0.1) is 7.11 Å². The van der Waals surface area contributed by atoms with E-state index in [4.69, 9.17) is 0 Å². The standard InChI is InChI=1S/C19H28O3/c1-3-16-14-15-18(20)17(16)12-10-8-6-4-5-7-9-11-13-19(21)22-2/h8,10,12,14-16H,3-7,9,11,13H2,1-2H3/b10-8+,17-12+/t16-/m0/s1. The summed E-state index contributed by atoms with van der Waals surface area (Å²) >= 11 is 0. The maximum Gasteiger partial charge on any atom is 0.305 e. The molecule has 0 unspecified atom stereocenters. The normalized spacial score (nSPS) is 19.5. The second kappa shape index (κ2) is 11.0. The summed E-state index contributed by atoms with van der Waals surface area (Å²) in [6, 6.07) is 0. The van der Waals surface area contributed by atoms with Crippen LogP contribution in [0.1, 0.15) is 58.3 Å². The van der Waals surface area contributed by atoms with E-state index in [-0.39, 0.29) is 11.8 Å². The number of carbonyl (C=O) groups excluding carboxylic acids is 2. The second-order valence-corrected chi connectivity index (χ2v) is 5.67. The molecule has 0 aromatic heterocycles. The van der Waals surface area contributed by atoms with Crippen LogP contribution in [0.15, 0.2) is 36.0 Å². The second-order valence-electron chi connectivity index (χ2n) is 5.67. The van der Waals surface area contributed by atoms with Gasteiger partial charge >= 0.3 is 5.97 Å². The SMILES string of the molecule is CC[C@H]1C=CC(=O)/C1=C/C=C/CCCCCCCC(=O)OC. The van der Waals surface area contributed by atoms with E-state index in [1.807, 2.05) is 18.2 Å². The van der Waals surface area contributed by atoms with Crippen LogP contribution in [-0.2, 0) is 14.3 Å². The van der Waals surface area contributed by atoms with Crippen LogP contribution < -0.4 is 0 Å². The highest BCUT2D eigenvalue weighted by Crippen LogP contribution is 2.24. The van der Waals surface area contributed by atoms with Crippen molar-refractivity contribution in [3.63, 3.8) is 0 Å². The van der Waals surface area contributed by atoms with Crippen molar-refractivity contribution in [3.8, 4) is 0 Å². The van der Waals surface area contributed by atoms with Crippen LogP contribution in [0.5, 0.6) is 0 Å². The zero-order valence-electron chi connectivity index (χ0n) is 13.8. The lowest BCUT2D eigenvalue weighted by Gasteiger charge is -2.04. The smallest absolute Gasteiger partial charge is 0.305 e. The quantitative estimate of drug-likeness (QED) is 0.338. The first-order chi connectivity index (χ1) is 10.7. The number of ether oxygens (including phenoxy) is 1. The highest BCUT2D eigenvalue weighted by Gasteiger charge is 2.20. The van der Waals surface area contributed by atoms with Crippen LogP contribution in [0.4, 0.5) is 0 Å². The fourth-order valence-corrected chi connectivity index (χ4v) is 2.58. The Morgan fingerprint density at radius 3 is 2.68 bits per heavy atom. The van der Waals surface area contributed by atoms with Gasteiger partial charge in [0, 0.05) is 17.9 Å². The lowest BCUT2D eigenvalue weighted by Crippen LogP contribution is -2.00. The predicted molar refractivity (Wildman–Crippen MR) is 89.5 cm³/mol. The Labute approximate surface area is 134 Å². The first-order valence-electron chi connectivity index (χ1n) is 8.35. The van der Waals surface area contributed by atoms with Crippen molar-refractivity contribution in [1.29, 1.82) is 0 Å². The third kappa shape index (κ3) is 6.88. The maximum absolute atomic E-state index is 11.7. The Balaban J connectivity index is 2.07. The highest BCUT2D eigenvalue weighted by molar-refractivity contribution is 6.07. The molecule has 1 rings (SSSR count). The number of ketones is 1. The van der Waals surface area contributed by atoms with Crippen LogP contribution >= 0.6 is 0 Å². The number of esters is 1. The molecular weight excluding hydrogens is 276 g/mol. The summed E-state index contributed by atoms with van der Waals surface area (Å²) in [5, 5.41) is 0. The third-order valence-electron chi connectivity index (χ3n) is 3.99. The molecule has 1 atom stereocenters. The van der Waals surface area contributed by atoms with E-state index in [1.165, 1.54) is 13.5 Å². The van der Waals surface area contributed by atoms with Crippen LogP contribution in [-0.4, -0.2) is 18.9 Å². The van der Waals surface area contributed by atoms with E-state index in [2.05, 4.69) is 17.7 Å². The van der Waals surface area contributed by atoms with E-state index in [1.54, 1.807) is 6.08 Å². The van der Waals surface area contributed by atoms with E-state index in [0.29, 0.717) is 12.3 Å². The Hall–Kier alpha value is -1.64. The Morgan fingerprint density at radius 2 is 1.95 bits per heavy atom. The molecule has 0 aromatic rings. The fourth-order valence-electron chi connectivity index (χ4n) is 2.58. The number of unbranched alkanes of at least 4 members (excludes halogenated alkanes) is 5. The molecule has 1 aliphatic rings. The van der Waals surface area contributed by atoms with Crippen molar-refractivity contribution in [2.75, 3.05) is 7.11 Å². The van der Waals surface area contributed by atoms with Gasteiger partial charge in [-0.3, -0.25) is 9.59 Å².